The van der Waals surface area contributed by atoms with E-state index in [9.17, 15) is 14.9 Å². The molecule has 33 heavy (non-hydrogen) atoms. The van der Waals surface area contributed by atoms with E-state index in [4.69, 9.17) is 28.9 Å². The molecular formula is C20H16Cl2N8O3. The van der Waals surface area contributed by atoms with Crippen LogP contribution in [0.5, 0.6) is 0 Å². The molecule has 1 aromatic carbocycles. The topological polar surface area (TPSA) is 169 Å². The van der Waals surface area contributed by atoms with E-state index >= 15 is 0 Å². The van der Waals surface area contributed by atoms with Crippen molar-refractivity contribution < 1.29 is 4.92 Å². The van der Waals surface area contributed by atoms with Gasteiger partial charge < -0.3 is 21.0 Å². The third-order valence-corrected chi connectivity index (χ3v) is 5.22. The molecule has 1 atom stereocenters. The number of aromatic nitrogens is 5. The van der Waals surface area contributed by atoms with Gasteiger partial charge in [-0.1, -0.05) is 23.2 Å². The molecule has 0 saturated carbocycles. The zero-order chi connectivity index (χ0) is 23.5. The van der Waals surface area contributed by atoms with Crippen molar-refractivity contribution >= 4 is 34.7 Å². The van der Waals surface area contributed by atoms with Crippen LogP contribution in [0.4, 0.5) is 11.5 Å². The van der Waals surface area contributed by atoms with Gasteiger partial charge in [-0.15, -0.1) is 0 Å². The summed E-state index contributed by atoms with van der Waals surface area (Å²) in [7, 11) is 0. The second-order valence-corrected chi connectivity index (χ2v) is 7.73. The van der Waals surface area contributed by atoms with Crippen LogP contribution in [0.25, 0.3) is 22.6 Å². The average molecular weight is 487 g/mol. The molecule has 4 aromatic rings. The lowest BCUT2D eigenvalue weighted by Gasteiger charge is -2.15. The second-order valence-electron chi connectivity index (χ2n) is 6.88. The molecule has 0 spiro atoms. The van der Waals surface area contributed by atoms with Gasteiger partial charge >= 0.3 is 11.2 Å². The van der Waals surface area contributed by atoms with Crippen LogP contribution in [0.15, 0.2) is 53.7 Å². The highest BCUT2D eigenvalue weighted by Crippen LogP contribution is 2.34. The molecular weight excluding hydrogens is 471 g/mol. The van der Waals surface area contributed by atoms with E-state index < -0.39 is 22.2 Å². The Labute approximate surface area is 196 Å². The number of nitrogens with zero attached hydrogens (tertiary/aromatic N) is 4. The Morgan fingerprint density at radius 2 is 2.00 bits per heavy atom. The molecule has 1 unspecified atom stereocenters. The number of nitrogens with one attached hydrogen (secondary N) is 3. The fourth-order valence-electron chi connectivity index (χ4n) is 3.07. The number of pyridine rings is 1. The number of nitro groups is 1. The van der Waals surface area contributed by atoms with Gasteiger partial charge in [-0.2, -0.15) is 0 Å². The first-order chi connectivity index (χ1) is 15.8. The highest BCUT2D eigenvalue weighted by atomic mass is 35.5. The van der Waals surface area contributed by atoms with Gasteiger partial charge in [0.15, 0.2) is 0 Å². The van der Waals surface area contributed by atoms with E-state index in [0.29, 0.717) is 38.5 Å². The lowest BCUT2D eigenvalue weighted by atomic mass is 10.1. The van der Waals surface area contributed by atoms with Gasteiger partial charge in [0.1, 0.15) is 17.5 Å². The van der Waals surface area contributed by atoms with E-state index in [2.05, 4.69) is 30.2 Å². The van der Waals surface area contributed by atoms with Crippen molar-refractivity contribution in [1.82, 2.24) is 24.9 Å². The van der Waals surface area contributed by atoms with E-state index in [1.807, 2.05) is 0 Å². The summed E-state index contributed by atoms with van der Waals surface area (Å²) in [6.07, 6.45) is 4.88. The van der Waals surface area contributed by atoms with Crippen LogP contribution < -0.4 is 16.6 Å². The predicted octanol–water partition coefficient (Wildman–Crippen LogP) is 3.55. The van der Waals surface area contributed by atoms with Crippen LogP contribution in [0, 0.1) is 10.1 Å². The van der Waals surface area contributed by atoms with Gasteiger partial charge in [-0.05, 0) is 24.3 Å². The molecule has 5 N–H and O–H groups in total. The zero-order valence-electron chi connectivity index (χ0n) is 16.8. The number of hydrogen-bond acceptors (Lipinski definition) is 8. The molecule has 0 aliphatic heterocycles. The fourth-order valence-corrected chi connectivity index (χ4v) is 3.57. The maximum absolute atomic E-state index is 11.8. The zero-order valence-corrected chi connectivity index (χ0v) is 18.3. The van der Waals surface area contributed by atoms with E-state index in [0.717, 1.165) is 6.07 Å². The van der Waals surface area contributed by atoms with Crippen molar-refractivity contribution in [1.29, 1.82) is 0 Å². The minimum absolute atomic E-state index is 0.141. The van der Waals surface area contributed by atoms with Crippen molar-refractivity contribution in [2.45, 2.75) is 6.04 Å². The van der Waals surface area contributed by atoms with Crippen LogP contribution in [0.1, 0.15) is 11.9 Å². The molecule has 0 bridgehead atoms. The van der Waals surface area contributed by atoms with Crippen molar-refractivity contribution in [2.75, 3.05) is 11.9 Å². The molecule has 0 fully saturated rings. The number of nitrogens with two attached hydrogens (primary N) is 1. The Balaban J connectivity index is 1.63. The van der Waals surface area contributed by atoms with Crippen LogP contribution in [-0.4, -0.2) is 36.4 Å². The summed E-state index contributed by atoms with van der Waals surface area (Å²) in [4.78, 5) is 40.5. The van der Waals surface area contributed by atoms with Crippen molar-refractivity contribution in [3.63, 3.8) is 0 Å². The summed E-state index contributed by atoms with van der Waals surface area (Å²) in [5.41, 5.74) is 6.65. The number of benzene rings is 1. The fraction of sp³-hybridized carbons (Fsp3) is 0.100. The third-order valence-electron chi connectivity index (χ3n) is 4.68. The Hall–Kier alpha value is -3.80. The minimum Gasteiger partial charge on any atom is -0.370 e. The maximum atomic E-state index is 11.8. The van der Waals surface area contributed by atoms with E-state index in [1.54, 1.807) is 36.8 Å². The molecule has 0 radical (unpaired) electrons. The SMILES string of the molecule is NC(CNc1ccc([N+](=O)[O-])c(=O)[nH]1)c1ncc(-c2ncc[nH]2)c(-c2ccc(Cl)cc2Cl)n1. The lowest BCUT2D eigenvalue weighted by molar-refractivity contribution is -0.386. The number of hydrogen-bond donors (Lipinski definition) is 4. The van der Waals surface area contributed by atoms with E-state index in [1.165, 1.54) is 6.07 Å². The van der Waals surface area contributed by atoms with Gasteiger partial charge in [0.05, 0.1) is 27.2 Å². The van der Waals surface area contributed by atoms with Crippen LogP contribution >= 0.6 is 23.2 Å². The number of H-pyrrole nitrogens is 2. The van der Waals surface area contributed by atoms with Crippen molar-refractivity contribution in [3.05, 3.63) is 85.3 Å². The first-order valence-electron chi connectivity index (χ1n) is 9.52. The van der Waals surface area contributed by atoms with Gasteiger partial charge in [-0.3, -0.25) is 14.9 Å². The standard InChI is InChI=1S/C20H16Cl2N8O3/c21-10-1-2-11(13(22)7-10)17-12(18-24-5-6-25-18)8-27-19(29-17)14(23)9-26-16-4-3-15(30(32)33)20(31)28-16/h1-8,14H,9,23H2,(H,24,25)(H2,26,28,31). The monoisotopic (exact) mass is 486 g/mol. The maximum Gasteiger partial charge on any atom is 0.334 e. The molecule has 0 aliphatic rings. The van der Waals surface area contributed by atoms with Gasteiger partial charge in [0.25, 0.3) is 0 Å². The first kappa shape index (κ1) is 22.4. The smallest absolute Gasteiger partial charge is 0.334 e. The highest BCUT2D eigenvalue weighted by molar-refractivity contribution is 6.36. The van der Waals surface area contributed by atoms with E-state index in [-0.39, 0.29) is 12.4 Å². The molecule has 11 nitrogen and oxygen atoms in total. The summed E-state index contributed by atoms with van der Waals surface area (Å²) in [5.74, 6) is 1.13. The second kappa shape index (κ2) is 9.36. The molecule has 0 amide bonds. The Morgan fingerprint density at radius 3 is 2.67 bits per heavy atom. The Kier molecular flexibility index (Phi) is 6.36. The number of aromatic amines is 2. The van der Waals surface area contributed by atoms with Crippen LogP contribution in [0.3, 0.4) is 0 Å². The van der Waals surface area contributed by atoms with Gasteiger partial charge in [0.2, 0.25) is 0 Å². The van der Waals surface area contributed by atoms with Gasteiger partial charge in [-0.25, -0.2) is 15.0 Å². The molecule has 13 heteroatoms. The molecule has 168 valence electrons. The lowest BCUT2D eigenvalue weighted by Crippen LogP contribution is -2.24. The largest absolute Gasteiger partial charge is 0.370 e. The number of rotatable bonds is 7. The quantitative estimate of drug-likeness (QED) is 0.227. The number of halogens is 2. The Bertz CT molecular complexity index is 1370. The normalized spacial score (nSPS) is 11.8. The summed E-state index contributed by atoms with van der Waals surface area (Å²) in [6.45, 7) is 0.141. The van der Waals surface area contributed by atoms with Crippen molar-refractivity contribution in [3.8, 4) is 22.6 Å². The van der Waals surface area contributed by atoms with Crippen LogP contribution in [-0.2, 0) is 0 Å². The van der Waals surface area contributed by atoms with Gasteiger partial charge in [0, 0.05) is 41.8 Å². The molecule has 0 aliphatic carbocycles. The minimum atomic E-state index is -0.822. The summed E-state index contributed by atoms with van der Waals surface area (Å²) < 4.78 is 0. The van der Waals surface area contributed by atoms with Crippen LogP contribution in [0.2, 0.25) is 10.0 Å². The Morgan fingerprint density at radius 1 is 1.18 bits per heavy atom. The third kappa shape index (κ3) is 4.85. The molecule has 3 heterocycles. The molecule has 4 rings (SSSR count). The summed E-state index contributed by atoms with van der Waals surface area (Å²) >= 11 is 12.5. The number of imidazole rings is 1. The van der Waals surface area contributed by atoms with Crippen molar-refractivity contribution in [2.24, 2.45) is 5.73 Å². The highest BCUT2D eigenvalue weighted by Gasteiger charge is 2.19. The predicted molar refractivity (Wildman–Crippen MR) is 124 cm³/mol. The number of anilines is 1. The first-order valence-corrected chi connectivity index (χ1v) is 10.3. The average Bonchev–Trinajstić information content (AvgIpc) is 3.31. The molecule has 3 aromatic heterocycles. The molecule has 0 saturated heterocycles. The summed E-state index contributed by atoms with van der Waals surface area (Å²) in [6, 6.07) is 6.86. The summed E-state index contributed by atoms with van der Waals surface area (Å²) in [5, 5.41) is 14.6.